The molecule has 0 aliphatic rings. The van der Waals surface area contributed by atoms with E-state index in [1.165, 1.54) is 3.38 Å². The predicted octanol–water partition coefficient (Wildman–Crippen LogP) is 2.41. The van der Waals surface area contributed by atoms with E-state index < -0.39 is 26.5 Å². The zero-order valence-electron chi connectivity index (χ0n) is 8.39. The van der Waals surface area contributed by atoms with E-state index in [1.807, 2.05) is 0 Å². The molecule has 0 bridgehead atoms. The van der Waals surface area contributed by atoms with Gasteiger partial charge in [0.2, 0.25) is 0 Å². The van der Waals surface area contributed by atoms with Crippen molar-refractivity contribution in [2.45, 2.75) is 34.5 Å². The molecule has 0 atom stereocenters. The van der Waals surface area contributed by atoms with E-state index in [2.05, 4.69) is 39.3 Å². The molecule has 0 N–H and O–H groups in total. The predicted molar refractivity (Wildman–Crippen MR) is 55.3 cm³/mol. The molecule has 0 saturated carbocycles. The Morgan fingerprint density at radius 2 is 1.18 bits per heavy atom. The molecule has 0 amide bonds. The maximum atomic E-state index is 8.88. The minimum atomic E-state index is -1.82. The van der Waals surface area contributed by atoms with Gasteiger partial charge in [-0.25, -0.2) is 0 Å². The topological polar surface area (TPSA) is 36.4 Å². The summed E-state index contributed by atoms with van der Waals surface area (Å²) < 4.78 is 1.21. The van der Waals surface area contributed by atoms with Crippen LogP contribution in [0.4, 0.5) is 0 Å². The van der Waals surface area contributed by atoms with Crippen LogP contribution in [0.1, 0.15) is 0 Å². The maximum absolute atomic E-state index is 8.88. The van der Waals surface area contributed by atoms with Gasteiger partial charge >= 0.3 is 74.8 Å². The second-order valence-corrected chi connectivity index (χ2v) is 28.0. The summed E-state index contributed by atoms with van der Waals surface area (Å²) >= 11 is -3.64. The number of nitrogens with zero attached hydrogens (tertiary/aromatic N) is 2. The van der Waals surface area contributed by atoms with Gasteiger partial charge in [-0.05, 0) is 0 Å². The number of hydrogen-bond acceptors (Lipinski definition) is 0. The summed E-state index contributed by atoms with van der Waals surface area (Å²) in [6.45, 7) is 0. The Morgan fingerprint density at radius 3 is 1.18 bits per heavy atom. The zero-order chi connectivity index (χ0) is 9.28. The first-order valence-corrected chi connectivity index (χ1v) is 18.6. The van der Waals surface area contributed by atoms with Crippen LogP contribution in [-0.4, -0.2) is 34.7 Å². The molecular weight excluding hydrogens is 257 g/mol. The number of rotatable bonds is 2. The third-order valence-corrected chi connectivity index (χ3v) is 24.3. The summed E-state index contributed by atoms with van der Waals surface area (Å²) in [4.78, 5) is 3.51. The SMILES string of the molecule is [CH3][Ge]([CH3])([CH3])[C](=[N+]=[N-])[Ge]([CH3])([CH3])[CH3]. The Labute approximate surface area is 74.7 Å². The van der Waals surface area contributed by atoms with Crippen molar-refractivity contribution in [2.75, 3.05) is 0 Å². The van der Waals surface area contributed by atoms with Crippen LogP contribution in [0.15, 0.2) is 0 Å². The molecule has 4 heteroatoms. The van der Waals surface area contributed by atoms with E-state index in [0.29, 0.717) is 0 Å². The molecule has 0 aromatic carbocycles. The summed E-state index contributed by atoms with van der Waals surface area (Å²) in [6.07, 6.45) is 0. The van der Waals surface area contributed by atoms with Crippen molar-refractivity contribution >= 4 is 29.9 Å². The molecular formula is C7H18Ge2N2. The third-order valence-electron chi connectivity index (χ3n) is 1.52. The Bertz CT molecular complexity index is 175. The first-order chi connectivity index (χ1) is 4.69. The van der Waals surface area contributed by atoms with Crippen LogP contribution in [-0.2, 0) is 0 Å². The second kappa shape index (κ2) is 3.46. The summed E-state index contributed by atoms with van der Waals surface area (Å²) in [5, 5.41) is 0. The molecule has 0 radical (unpaired) electrons. The van der Waals surface area contributed by atoms with E-state index in [1.54, 1.807) is 0 Å². The average Bonchev–Trinajstić information content (AvgIpc) is 1.56. The van der Waals surface area contributed by atoms with Gasteiger partial charge in [0.05, 0.1) is 0 Å². The summed E-state index contributed by atoms with van der Waals surface area (Å²) in [7, 11) is 0. The van der Waals surface area contributed by atoms with Crippen molar-refractivity contribution in [3.63, 3.8) is 0 Å². The molecule has 0 aromatic rings. The van der Waals surface area contributed by atoms with Crippen molar-refractivity contribution in [3.05, 3.63) is 5.53 Å². The van der Waals surface area contributed by atoms with Gasteiger partial charge in [0, 0.05) is 0 Å². The van der Waals surface area contributed by atoms with Crippen molar-refractivity contribution in [2.24, 2.45) is 0 Å². The Morgan fingerprint density at radius 1 is 0.909 bits per heavy atom. The summed E-state index contributed by atoms with van der Waals surface area (Å²) in [5.41, 5.74) is 8.88. The summed E-state index contributed by atoms with van der Waals surface area (Å²) in [6, 6.07) is 0. The molecule has 0 saturated heterocycles. The van der Waals surface area contributed by atoms with Gasteiger partial charge in [0.25, 0.3) is 0 Å². The van der Waals surface area contributed by atoms with Crippen molar-refractivity contribution < 1.29 is 4.79 Å². The molecule has 0 unspecified atom stereocenters. The molecule has 0 aromatic heterocycles. The van der Waals surface area contributed by atoms with Gasteiger partial charge in [-0.2, -0.15) is 0 Å². The molecule has 0 spiro atoms. The Hall–Kier alpha value is 0.466. The molecule has 2 nitrogen and oxygen atoms in total. The van der Waals surface area contributed by atoms with Gasteiger partial charge in [-0.15, -0.1) is 0 Å². The average molecular weight is 275 g/mol. The van der Waals surface area contributed by atoms with Gasteiger partial charge in [0.15, 0.2) is 0 Å². The van der Waals surface area contributed by atoms with Gasteiger partial charge in [-0.1, -0.05) is 0 Å². The molecule has 0 fully saturated rings. The first kappa shape index (κ1) is 11.5. The Kier molecular flexibility index (Phi) is 3.61. The van der Waals surface area contributed by atoms with Crippen LogP contribution in [0.25, 0.3) is 5.53 Å². The monoisotopic (exact) mass is 278 g/mol. The quantitative estimate of drug-likeness (QED) is 0.321. The molecule has 64 valence electrons. The first-order valence-electron chi connectivity index (χ1n) is 3.92. The minimum absolute atomic E-state index is 1.21. The van der Waals surface area contributed by atoms with E-state index in [4.69, 9.17) is 5.53 Å². The van der Waals surface area contributed by atoms with Crippen LogP contribution < -0.4 is 0 Å². The van der Waals surface area contributed by atoms with Crippen LogP contribution in [0.2, 0.25) is 34.5 Å². The van der Waals surface area contributed by atoms with Crippen molar-refractivity contribution in [1.82, 2.24) is 0 Å². The van der Waals surface area contributed by atoms with Crippen LogP contribution >= 0.6 is 0 Å². The van der Waals surface area contributed by atoms with Crippen LogP contribution in [0, 0.1) is 0 Å². The van der Waals surface area contributed by atoms with Crippen molar-refractivity contribution in [1.29, 1.82) is 0 Å². The van der Waals surface area contributed by atoms with E-state index in [9.17, 15) is 0 Å². The van der Waals surface area contributed by atoms with Crippen molar-refractivity contribution in [3.8, 4) is 0 Å². The third kappa shape index (κ3) is 3.58. The van der Waals surface area contributed by atoms with E-state index >= 15 is 0 Å². The summed E-state index contributed by atoms with van der Waals surface area (Å²) in [5.74, 6) is 13.7. The normalized spacial score (nSPS) is 12.5. The van der Waals surface area contributed by atoms with Crippen LogP contribution in [0.3, 0.4) is 0 Å². The molecule has 0 heterocycles. The van der Waals surface area contributed by atoms with Gasteiger partial charge < -0.3 is 0 Å². The molecule has 0 aliphatic heterocycles. The fourth-order valence-corrected chi connectivity index (χ4v) is 31.9. The fraction of sp³-hybridized carbons (Fsp3) is 0.857. The molecule has 0 aliphatic carbocycles. The standard InChI is InChI=1S/C7H18Ge2N2/c1-8(2,3)7(11-10)9(4,5)6/h1-6H3. The van der Waals surface area contributed by atoms with E-state index in [0.717, 1.165) is 0 Å². The number of hydrogen-bond donors (Lipinski definition) is 0. The zero-order valence-corrected chi connectivity index (χ0v) is 12.6. The van der Waals surface area contributed by atoms with Gasteiger partial charge in [0.1, 0.15) is 0 Å². The molecule has 11 heavy (non-hydrogen) atoms. The van der Waals surface area contributed by atoms with Gasteiger partial charge in [-0.3, -0.25) is 0 Å². The van der Waals surface area contributed by atoms with Crippen LogP contribution in [0.5, 0.6) is 0 Å². The Balaban J connectivity index is 4.90. The second-order valence-electron chi connectivity index (χ2n) is 4.95. The molecule has 0 rings (SSSR count). The van der Waals surface area contributed by atoms with E-state index in [-0.39, 0.29) is 0 Å². The fourth-order valence-electron chi connectivity index (χ4n) is 1.43.